The fourth-order valence-electron chi connectivity index (χ4n) is 3.25. The molecule has 0 bridgehead atoms. The molecule has 138 valence electrons. The topological polar surface area (TPSA) is 81.3 Å². The lowest BCUT2D eigenvalue weighted by atomic mass is 9.78. The average molecular weight is 358 g/mol. The Bertz CT molecular complexity index is 828. The van der Waals surface area contributed by atoms with Gasteiger partial charge in [0.05, 0.1) is 29.9 Å². The van der Waals surface area contributed by atoms with Gasteiger partial charge in [-0.05, 0) is 24.6 Å². The van der Waals surface area contributed by atoms with Gasteiger partial charge < -0.3 is 15.4 Å². The first-order chi connectivity index (χ1) is 12.5. The molecular weight excluding hydrogens is 335 g/mol. The fraction of sp³-hybridized carbons (Fsp3) is 0.421. The number of carbonyl (C=O) groups is 1. The first kappa shape index (κ1) is 18.3. The van der Waals surface area contributed by atoms with Crippen LogP contribution >= 0.6 is 0 Å². The quantitative estimate of drug-likeness (QED) is 0.912. The van der Waals surface area contributed by atoms with Gasteiger partial charge in [0, 0.05) is 24.8 Å². The number of nitrogens with two attached hydrogens (primary N) is 1. The van der Waals surface area contributed by atoms with E-state index in [4.69, 9.17) is 10.5 Å². The van der Waals surface area contributed by atoms with Gasteiger partial charge in [-0.25, -0.2) is 14.4 Å². The molecule has 0 radical (unpaired) electrons. The van der Waals surface area contributed by atoms with Crippen molar-refractivity contribution in [3.63, 3.8) is 0 Å². The highest BCUT2D eigenvalue weighted by Gasteiger charge is 2.49. The van der Waals surface area contributed by atoms with Crippen molar-refractivity contribution in [2.45, 2.75) is 20.8 Å². The van der Waals surface area contributed by atoms with Crippen LogP contribution in [0.1, 0.15) is 29.9 Å². The average Bonchev–Trinajstić information content (AvgIpc) is 2.55. The molecule has 7 heteroatoms. The molecule has 2 aliphatic rings. The van der Waals surface area contributed by atoms with Crippen LogP contribution in [0.25, 0.3) is 11.1 Å². The van der Waals surface area contributed by atoms with Crippen molar-refractivity contribution >= 4 is 11.9 Å². The van der Waals surface area contributed by atoms with Crippen molar-refractivity contribution in [3.05, 3.63) is 41.5 Å². The molecule has 0 saturated carbocycles. The van der Waals surface area contributed by atoms with Crippen LogP contribution in [0.3, 0.4) is 0 Å². The summed E-state index contributed by atoms with van der Waals surface area (Å²) < 4.78 is 18.9. The van der Waals surface area contributed by atoms with Gasteiger partial charge in [0.1, 0.15) is 5.82 Å². The van der Waals surface area contributed by atoms with Crippen LogP contribution in [0, 0.1) is 18.2 Å². The van der Waals surface area contributed by atoms with Crippen molar-refractivity contribution in [1.29, 1.82) is 0 Å². The number of anilines is 1. The second-order valence-electron chi connectivity index (χ2n) is 6.58. The van der Waals surface area contributed by atoms with Crippen LogP contribution in [0.4, 0.5) is 10.3 Å². The summed E-state index contributed by atoms with van der Waals surface area (Å²) in [6.45, 7) is 9.32. The third-order valence-electron chi connectivity index (χ3n) is 4.66. The number of amides is 1. The summed E-state index contributed by atoms with van der Waals surface area (Å²) in [6, 6.07) is 4.27. The Balaban J connectivity index is 0.000000948. The number of benzene rings is 1. The zero-order valence-corrected chi connectivity index (χ0v) is 15.3. The van der Waals surface area contributed by atoms with E-state index in [1.165, 1.54) is 12.1 Å². The third kappa shape index (κ3) is 3.14. The second-order valence-corrected chi connectivity index (χ2v) is 6.58. The van der Waals surface area contributed by atoms with Gasteiger partial charge >= 0.3 is 0 Å². The molecule has 1 spiro atoms. The van der Waals surface area contributed by atoms with Gasteiger partial charge in [-0.3, -0.25) is 4.79 Å². The van der Waals surface area contributed by atoms with Gasteiger partial charge in [-0.1, -0.05) is 19.9 Å². The van der Waals surface area contributed by atoms with E-state index in [2.05, 4.69) is 14.9 Å². The number of halogens is 1. The second kappa shape index (κ2) is 6.99. The molecule has 2 aromatic rings. The Morgan fingerprint density at radius 1 is 1.31 bits per heavy atom. The molecule has 4 rings (SSSR count). The summed E-state index contributed by atoms with van der Waals surface area (Å²) in [6.07, 6.45) is 1.71. The summed E-state index contributed by atoms with van der Waals surface area (Å²) in [5.74, 6) is -0.737. The van der Waals surface area contributed by atoms with E-state index in [1.54, 1.807) is 12.3 Å². The van der Waals surface area contributed by atoms with Crippen LogP contribution in [-0.4, -0.2) is 42.2 Å². The summed E-state index contributed by atoms with van der Waals surface area (Å²) >= 11 is 0. The number of nitrogens with zero attached hydrogens (tertiary/aromatic N) is 3. The van der Waals surface area contributed by atoms with E-state index in [9.17, 15) is 9.18 Å². The Morgan fingerprint density at radius 3 is 2.54 bits per heavy atom. The number of primary amides is 1. The number of carbonyl (C=O) groups excluding carboxylic acids is 1. The highest BCUT2D eigenvalue weighted by molar-refractivity contribution is 5.94. The van der Waals surface area contributed by atoms with E-state index in [-0.39, 0.29) is 5.56 Å². The lowest BCUT2D eigenvalue weighted by Gasteiger charge is -2.54. The van der Waals surface area contributed by atoms with Gasteiger partial charge in [-0.2, -0.15) is 0 Å². The predicted molar refractivity (Wildman–Crippen MR) is 97.5 cm³/mol. The van der Waals surface area contributed by atoms with Crippen LogP contribution in [0.2, 0.25) is 0 Å². The predicted octanol–water partition coefficient (Wildman–Crippen LogP) is 2.55. The highest BCUT2D eigenvalue weighted by Crippen LogP contribution is 2.39. The Hall–Kier alpha value is -2.54. The van der Waals surface area contributed by atoms with E-state index < -0.39 is 11.7 Å². The van der Waals surface area contributed by atoms with Crippen molar-refractivity contribution < 1.29 is 13.9 Å². The Kier molecular flexibility index (Phi) is 4.91. The van der Waals surface area contributed by atoms with Gasteiger partial charge in [0.25, 0.3) is 5.91 Å². The number of hydrogen-bond donors (Lipinski definition) is 1. The standard InChI is InChI=1S/C17H17FN4O2.C2H6/c1-10-13(11-2-3-14(18)12(4-11)15(19)23)5-20-16(21-10)22-6-17(7-22)8-24-9-17;1-2/h2-5H,6-9H2,1H3,(H2,19,23);1-2H3. The molecule has 1 aromatic heterocycles. The van der Waals surface area contributed by atoms with Gasteiger partial charge in [0.15, 0.2) is 0 Å². The maximum absolute atomic E-state index is 13.6. The normalized spacial score (nSPS) is 17.0. The first-order valence-corrected chi connectivity index (χ1v) is 8.74. The third-order valence-corrected chi connectivity index (χ3v) is 4.66. The molecular formula is C19H23FN4O2. The van der Waals surface area contributed by atoms with Crippen LogP contribution < -0.4 is 10.6 Å². The summed E-state index contributed by atoms with van der Waals surface area (Å²) in [5.41, 5.74) is 7.56. The molecule has 6 nitrogen and oxygen atoms in total. The smallest absolute Gasteiger partial charge is 0.251 e. The summed E-state index contributed by atoms with van der Waals surface area (Å²) in [5, 5.41) is 0. The number of ether oxygens (including phenoxy) is 1. The maximum Gasteiger partial charge on any atom is 0.251 e. The molecule has 26 heavy (non-hydrogen) atoms. The lowest BCUT2D eigenvalue weighted by molar-refractivity contribution is -0.127. The fourth-order valence-corrected chi connectivity index (χ4v) is 3.25. The molecule has 3 heterocycles. The van der Waals surface area contributed by atoms with E-state index >= 15 is 0 Å². The van der Waals surface area contributed by atoms with Crippen molar-refractivity contribution in [2.75, 3.05) is 31.2 Å². The maximum atomic E-state index is 13.6. The minimum atomic E-state index is -0.793. The van der Waals surface area contributed by atoms with Crippen molar-refractivity contribution in [1.82, 2.24) is 9.97 Å². The van der Waals surface area contributed by atoms with Gasteiger partial charge in [0.2, 0.25) is 5.95 Å². The van der Waals surface area contributed by atoms with Crippen molar-refractivity contribution in [3.8, 4) is 11.1 Å². The van der Waals surface area contributed by atoms with Crippen molar-refractivity contribution in [2.24, 2.45) is 11.1 Å². The molecule has 0 atom stereocenters. The summed E-state index contributed by atoms with van der Waals surface area (Å²) in [7, 11) is 0. The van der Waals surface area contributed by atoms with Crippen LogP contribution in [0.5, 0.6) is 0 Å². The minimum absolute atomic E-state index is 0.134. The van der Waals surface area contributed by atoms with Crippen LogP contribution in [-0.2, 0) is 4.74 Å². The number of aryl methyl sites for hydroxylation is 1. The molecule has 2 fully saturated rings. The number of rotatable bonds is 3. The molecule has 1 aromatic carbocycles. The largest absolute Gasteiger partial charge is 0.380 e. The molecule has 2 aliphatic heterocycles. The molecule has 2 N–H and O–H groups in total. The SMILES string of the molecule is CC.Cc1nc(N2CC3(COC3)C2)ncc1-c1ccc(F)c(C(N)=O)c1. The molecule has 2 saturated heterocycles. The first-order valence-electron chi connectivity index (χ1n) is 8.74. The Labute approximate surface area is 152 Å². The van der Waals surface area contributed by atoms with Crippen LogP contribution in [0.15, 0.2) is 24.4 Å². The number of hydrogen-bond acceptors (Lipinski definition) is 5. The number of aromatic nitrogens is 2. The van der Waals surface area contributed by atoms with E-state index in [1.807, 2.05) is 20.8 Å². The highest BCUT2D eigenvalue weighted by atomic mass is 19.1. The zero-order valence-electron chi connectivity index (χ0n) is 15.3. The Morgan fingerprint density at radius 2 is 2.00 bits per heavy atom. The monoisotopic (exact) mass is 358 g/mol. The minimum Gasteiger partial charge on any atom is -0.380 e. The molecule has 0 aliphatic carbocycles. The lowest BCUT2D eigenvalue weighted by Crippen LogP contribution is -2.66. The molecule has 1 amide bonds. The molecule has 0 unspecified atom stereocenters. The summed E-state index contributed by atoms with van der Waals surface area (Å²) in [4.78, 5) is 22.4. The zero-order chi connectivity index (χ0) is 18.9. The van der Waals surface area contributed by atoms with E-state index in [0.29, 0.717) is 16.9 Å². The van der Waals surface area contributed by atoms with E-state index in [0.717, 1.165) is 37.6 Å². The van der Waals surface area contributed by atoms with Gasteiger partial charge in [-0.15, -0.1) is 0 Å².